The molecule has 0 amide bonds. The van der Waals surface area contributed by atoms with Crippen molar-refractivity contribution in [3.63, 3.8) is 0 Å². The largest absolute Gasteiger partial charge is 0.465 e. The second-order valence-corrected chi connectivity index (χ2v) is 12.5. The van der Waals surface area contributed by atoms with Crippen LogP contribution in [-0.4, -0.2) is 21.4 Å². The van der Waals surface area contributed by atoms with Gasteiger partial charge in [0.1, 0.15) is 17.3 Å². The number of halogens is 1. The van der Waals surface area contributed by atoms with Gasteiger partial charge in [0.2, 0.25) is 5.75 Å². The van der Waals surface area contributed by atoms with Gasteiger partial charge in [-0.3, -0.25) is 29.8 Å². The van der Waals surface area contributed by atoms with Crippen LogP contribution in [0.4, 0.5) is 11.4 Å². The number of carbonyl (C=O) groups is 2. The number of allylic oxidation sites excluding steroid dienone is 4. The molecule has 0 aromatic heterocycles. The van der Waals surface area contributed by atoms with Crippen molar-refractivity contribution in [3.05, 3.63) is 89.9 Å². The van der Waals surface area contributed by atoms with Crippen LogP contribution < -0.4 is 4.74 Å². The molecule has 0 atom stereocenters. The van der Waals surface area contributed by atoms with Crippen LogP contribution in [0.3, 0.4) is 0 Å². The highest BCUT2D eigenvalue weighted by atomic mass is 35.5. The number of nitro benzene ring substituents is 2. The van der Waals surface area contributed by atoms with E-state index in [1.807, 2.05) is 27.7 Å². The third-order valence-electron chi connectivity index (χ3n) is 7.44. The number of nitro groups is 2. The van der Waals surface area contributed by atoms with Crippen molar-refractivity contribution in [1.29, 1.82) is 0 Å². The van der Waals surface area contributed by atoms with E-state index in [-0.39, 0.29) is 38.9 Å². The highest BCUT2D eigenvalue weighted by Gasteiger charge is 2.47. The zero-order valence-corrected chi connectivity index (χ0v) is 23.2. The Bertz CT molecular complexity index is 1520. The van der Waals surface area contributed by atoms with E-state index in [0.717, 1.165) is 18.2 Å². The first-order chi connectivity index (χ1) is 18.7. The zero-order valence-electron chi connectivity index (χ0n) is 22.4. The van der Waals surface area contributed by atoms with Gasteiger partial charge in [-0.2, -0.15) is 0 Å². The fraction of sp³-hybridized carbons (Fsp3) is 0.379. The maximum absolute atomic E-state index is 13.5. The number of rotatable bonds is 5. The third kappa shape index (κ3) is 4.99. The van der Waals surface area contributed by atoms with Gasteiger partial charge >= 0.3 is 5.69 Å². The quantitative estimate of drug-likeness (QED) is 0.270. The molecule has 0 bridgehead atoms. The Hall–Kier alpha value is -4.05. The van der Waals surface area contributed by atoms with Crippen molar-refractivity contribution in [3.8, 4) is 11.5 Å². The lowest BCUT2D eigenvalue weighted by atomic mass is 9.65. The number of Topliss-reactive ketones (excluding diaryl/α,β-unsaturated/α-hetero) is 2. The summed E-state index contributed by atoms with van der Waals surface area (Å²) in [5.41, 5.74) is -0.102. The Morgan fingerprint density at radius 2 is 1.38 bits per heavy atom. The molecule has 2 aromatic carbocycles. The number of nitrogens with zero attached hydrogens (tertiary/aromatic N) is 2. The van der Waals surface area contributed by atoms with E-state index in [1.165, 1.54) is 6.07 Å². The molecule has 0 unspecified atom stereocenters. The van der Waals surface area contributed by atoms with Crippen LogP contribution in [0.15, 0.2) is 59.1 Å². The van der Waals surface area contributed by atoms with E-state index in [4.69, 9.17) is 21.1 Å². The highest BCUT2D eigenvalue weighted by Crippen LogP contribution is 2.53. The first-order valence-electron chi connectivity index (χ1n) is 12.8. The Kier molecular flexibility index (Phi) is 6.57. The third-order valence-corrected chi connectivity index (χ3v) is 7.74. The number of ketones is 2. The van der Waals surface area contributed by atoms with Crippen molar-refractivity contribution in [2.24, 2.45) is 10.8 Å². The SMILES string of the molecule is CC1(C)CC(=O)C2=C(C1)OC1=C(C(=O)CC(C)(C)C1)C2c1ccc(Oc2ccc([N+](=O)[O-])cc2[N+](=O)[O-])c(Cl)c1. The van der Waals surface area contributed by atoms with E-state index >= 15 is 0 Å². The van der Waals surface area contributed by atoms with Crippen molar-refractivity contribution in [1.82, 2.24) is 0 Å². The van der Waals surface area contributed by atoms with Crippen molar-refractivity contribution in [2.45, 2.75) is 59.3 Å². The Morgan fingerprint density at radius 1 is 0.825 bits per heavy atom. The molecule has 11 heteroatoms. The first kappa shape index (κ1) is 27.5. The van der Waals surface area contributed by atoms with Gasteiger partial charge < -0.3 is 9.47 Å². The minimum absolute atomic E-state index is 0.0741. The smallest absolute Gasteiger partial charge is 0.318 e. The van der Waals surface area contributed by atoms with Crippen LogP contribution >= 0.6 is 11.6 Å². The molecule has 1 aliphatic heterocycles. The number of carbonyl (C=O) groups excluding carboxylic acids is 2. The maximum atomic E-state index is 13.5. The van der Waals surface area contributed by atoms with Gasteiger partial charge in [0.25, 0.3) is 5.69 Å². The zero-order chi connectivity index (χ0) is 29.1. The number of benzene rings is 2. The molecule has 5 rings (SSSR count). The van der Waals surface area contributed by atoms with Crippen LogP contribution in [0.5, 0.6) is 11.5 Å². The molecule has 0 radical (unpaired) electrons. The molecule has 0 saturated carbocycles. The molecular weight excluding hydrogens is 540 g/mol. The van der Waals surface area contributed by atoms with E-state index in [9.17, 15) is 29.8 Å². The monoisotopic (exact) mass is 566 g/mol. The van der Waals surface area contributed by atoms with Gasteiger partial charge in [-0.25, -0.2) is 0 Å². The summed E-state index contributed by atoms with van der Waals surface area (Å²) in [5, 5.41) is 22.7. The van der Waals surface area contributed by atoms with Gasteiger partial charge in [-0.1, -0.05) is 45.4 Å². The molecule has 10 nitrogen and oxygen atoms in total. The minimum Gasteiger partial charge on any atom is -0.465 e. The van der Waals surface area contributed by atoms with E-state index in [0.29, 0.717) is 53.9 Å². The van der Waals surface area contributed by atoms with Gasteiger partial charge in [-0.05, 0) is 34.6 Å². The van der Waals surface area contributed by atoms with Gasteiger partial charge in [0.15, 0.2) is 11.6 Å². The summed E-state index contributed by atoms with van der Waals surface area (Å²) in [7, 11) is 0. The number of hydrogen-bond donors (Lipinski definition) is 0. The molecule has 0 saturated heterocycles. The fourth-order valence-corrected chi connectivity index (χ4v) is 5.98. The summed E-state index contributed by atoms with van der Waals surface area (Å²) in [4.78, 5) is 48.0. The van der Waals surface area contributed by atoms with Crippen LogP contribution in [0.2, 0.25) is 5.02 Å². The maximum Gasteiger partial charge on any atom is 0.318 e. The Balaban J connectivity index is 1.57. The van der Waals surface area contributed by atoms with E-state index in [1.54, 1.807) is 12.1 Å². The molecular formula is C29H27ClN2O8. The number of ether oxygens (including phenoxy) is 2. The average Bonchev–Trinajstić information content (AvgIpc) is 2.82. The van der Waals surface area contributed by atoms with E-state index in [2.05, 4.69) is 0 Å². The summed E-state index contributed by atoms with van der Waals surface area (Å²) in [5.74, 6) is 0.177. The molecule has 2 aromatic rings. The van der Waals surface area contributed by atoms with Crippen molar-refractivity contribution < 1.29 is 28.9 Å². The molecule has 0 N–H and O–H groups in total. The fourth-order valence-electron chi connectivity index (χ4n) is 5.75. The molecule has 40 heavy (non-hydrogen) atoms. The molecule has 0 spiro atoms. The number of hydrogen-bond acceptors (Lipinski definition) is 8. The molecule has 2 aliphatic carbocycles. The molecule has 208 valence electrons. The summed E-state index contributed by atoms with van der Waals surface area (Å²) in [6, 6.07) is 7.81. The topological polar surface area (TPSA) is 139 Å². The van der Waals surface area contributed by atoms with E-state index < -0.39 is 27.1 Å². The average molecular weight is 567 g/mol. The standard InChI is InChI=1S/C29H27ClN2O8/c1-28(2)11-19(33)26-23(13-28)40-24-14-29(3,4)12-20(34)27(24)25(26)15-5-7-21(17(30)9-15)39-22-8-6-16(31(35)36)10-18(22)32(37)38/h5-10,25H,11-14H2,1-4H3. The second-order valence-electron chi connectivity index (χ2n) is 12.0. The highest BCUT2D eigenvalue weighted by molar-refractivity contribution is 6.32. The Morgan fingerprint density at radius 3 is 1.88 bits per heavy atom. The van der Waals surface area contributed by atoms with Crippen molar-refractivity contribution in [2.75, 3.05) is 0 Å². The van der Waals surface area contributed by atoms with Crippen LogP contribution in [0, 0.1) is 31.1 Å². The number of non-ortho nitro benzene ring substituents is 1. The lowest BCUT2D eigenvalue weighted by molar-refractivity contribution is -0.394. The van der Waals surface area contributed by atoms with Gasteiger partial charge in [0.05, 0.1) is 20.9 Å². The first-order valence-corrected chi connectivity index (χ1v) is 13.1. The van der Waals surface area contributed by atoms with Gasteiger partial charge in [0, 0.05) is 48.8 Å². The second kappa shape index (κ2) is 9.55. The predicted molar refractivity (Wildman–Crippen MR) is 145 cm³/mol. The Labute approximate surface area is 234 Å². The minimum atomic E-state index is -0.777. The molecule has 3 aliphatic rings. The van der Waals surface area contributed by atoms with Crippen molar-refractivity contribution >= 4 is 34.5 Å². The lowest BCUT2D eigenvalue weighted by Gasteiger charge is -2.42. The predicted octanol–water partition coefficient (Wildman–Crippen LogP) is 7.35. The summed E-state index contributed by atoms with van der Waals surface area (Å²) >= 11 is 6.59. The lowest BCUT2D eigenvalue weighted by Crippen LogP contribution is -2.37. The van der Waals surface area contributed by atoms with Gasteiger partial charge in [-0.15, -0.1) is 0 Å². The normalized spacial score (nSPS) is 20.0. The van der Waals surface area contributed by atoms with Crippen LogP contribution in [0.25, 0.3) is 0 Å². The molecule has 1 heterocycles. The van der Waals surface area contributed by atoms with Crippen LogP contribution in [0.1, 0.15) is 64.9 Å². The summed E-state index contributed by atoms with van der Waals surface area (Å²) in [6.45, 7) is 8.03. The summed E-state index contributed by atoms with van der Waals surface area (Å²) in [6.07, 6.45) is 1.73. The van der Waals surface area contributed by atoms with Crippen LogP contribution in [-0.2, 0) is 14.3 Å². The summed E-state index contributed by atoms with van der Waals surface area (Å²) < 4.78 is 12.0. The molecule has 0 fully saturated rings.